The van der Waals surface area contributed by atoms with Gasteiger partial charge in [-0.1, -0.05) is 30.3 Å². The van der Waals surface area contributed by atoms with Crippen molar-refractivity contribution in [1.82, 2.24) is 5.01 Å². The number of hydrogen-bond donors (Lipinski definition) is 1. The molecule has 0 unspecified atom stereocenters. The third-order valence-corrected chi connectivity index (χ3v) is 5.43. The minimum Gasteiger partial charge on any atom is -0.497 e. The van der Waals surface area contributed by atoms with Crippen LogP contribution < -0.4 is 10.1 Å². The van der Waals surface area contributed by atoms with E-state index in [4.69, 9.17) is 9.15 Å². The maximum atomic E-state index is 13.1. The number of benzene rings is 2. The molecule has 0 radical (unpaired) electrons. The molecule has 0 aliphatic carbocycles. The Balaban J connectivity index is 1.51. The summed E-state index contributed by atoms with van der Waals surface area (Å²) in [4.78, 5) is 13.1. The second-order valence-electron chi connectivity index (χ2n) is 7.39. The summed E-state index contributed by atoms with van der Waals surface area (Å²) in [6.45, 7) is 2.41. The predicted molar refractivity (Wildman–Crippen MR) is 114 cm³/mol. The van der Waals surface area contributed by atoms with Gasteiger partial charge in [0.1, 0.15) is 23.6 Å². The summed E-state index contributed by atoms with van der Waals surface area (Å²) in [5, 5.41) is 8.30. The van der Waals surface area contributed by atoms with Gasteiger partial charge in [0.25, 0.3) is 5.91 Å². The fraction of sp³-hybridized carbons (Fsp3) is 0.250. The van der Waals surface area contributed by atoms with Gasteiger partial charge in [0, 0.05) is 12.0 Å². The van der Waals surface area contributed by atoms with Crippen molar-refractivity contribution in [1.29, 1.82) is 0 Å². The van der Waals surface area contributed by atoms with Crippen molar-refractivity contribution in [3.8, 4) is 5.75 Å². The van der Waals surface area contributed by atoms with E-state index in [2.05, 4.69) is 24.2 Å². The molecule has 154 valence electrons. The highest BCUT2D eigenvalue weighted by atomic mass is 16.5. The van der Waals surface area contributed by atoms with Gasteiger partial charge in [0.15, 0.2) is 6.54 Å². The van der Waals surface area contributed by atoms with Crippen LogP contribution in [-0.4, -0.2) is 30.3 Å². The Morgan fingerprint density at radius 2 is 1.93 bits per heavy atom. The standard InChI is InChI=1S/C24H25N3O3/c1-17(18-7-4-3-5-8-18)25-16-24(28)27-22(23-9-6-14-30-23)15-21(26-27)19-10-12-20(29-2)13-11-19/h3-14,17,22,25H,15-16H2,1-2H3/p+1/t17-,22-/m0/s1. The van der Waals surface area contributed by atoms with E-state index in [1.807, 2.05) is 59.9 Å². The zero-order valence-electron chi connectivity index (χ0n) is 17.2. The van der Waals surface area contributed by atoms with Gasteiger partial charge in [-0.15, -0.1) is 0 Å². The Kier molecular flexibility index (Phi) is 5.95. The number of carbonyl (C=O) groups is 1. The lowest BCUT2D eigenvalue weighted by Gasteiger charge is -2.20. The molecule has 0 fully saturated rings. The lowest BCUT2D eigenvalue weighted by Crippen LogP contribution is -2.86. The first-order valence-corrected chi connectivity index (χ1v) is 10.1. The molecule has 0 saturated carbocycles. The molecular formula is C24H26N3O3+. The minimum absolute atomic E-state index is 0.0392. The highest BCUT2D eigenvalue weighted by molar-refractivity contribution is 6.03. The first kappa shape index (κ1) is 19.9. The fourth-order valence-corrected chi connectivity index (χ4v) is 3.66. The molecular weight excluding hydrogens is 378 g/mol. The second kappa shape index (κ2) is 8.97. The number of quaternary nitrogens is 1. The molecule has 0 bridgehead atoms. The molecule has 2 heterocycles. The van der Waals surface area contributed by atoms with Gasteiger partial charge in [-0.25, -0.2) is 5.01 Å². The predicted octanol–water partition coefficient (Wildman–Crippen LogP) is 3.29. The van der Waals surface area contributed by atoms with Crippen molar-refractivity contribution >= 4 is 11.6 Å². The summed E-state index contributed by atoms with van der Waals surface area (Å²) in [5.41, 5.74) is 3.03. The Hall–Kier alpha value is -3.38. The van der Waals surface area contributed by atoms with Crippen LogP contribution in [0.1, 0.15) is 42.3 Å². The van der Waals surface area contributed by atoms with E-state index >= 15 is 0 Å². The van der Waals surface area contributed by atoms with Crippen LogP contribution in [0.5, 0.6) is 5.75 Å². The molecule has 2 N–H and O–H groups in total. The Morgan fingerprint density at radius 1 is 1.17 bits per heavy atom. The van der Waals surface area contributed by atoms with Gasteiger partial charge in [-0.2, -0.15) is 5.10 Å². The summed E-state index contributed by atoms with van der Waals surface area (Å²) in [6, 6.07) is 21.6. The number of hydrazone groups is 1. The van der Waals surface area contributed by atoms with Crippen LogP contribution in [0, 0.1) is 0 Å². The van der Waals surface area contributed by atoms with Gasteiger partial charge in [-0.3, -0.25) is 4.79 Å². The average molecular weight is 404 g/mol. The van der Waals surface area contributed by atoms with Crippen molar-refractivity contribution in [3.05, 3.63) is 89.9 Å². The summed E-state index contributed by atoms with van der Waals surface area (Å²) < 4.78 is 10.9. The van der Waals surface area contributed by atoms with Crippen molar-refractivity contribution in [2.24, 2.45) is 5.10 Å². The first-order valence-electron chi connectivity index (χ1n) is 10.1. The number of rotatable bonds is 7. The number of carbonyl (C=O) groups excluding carboxylic acids is 1. The molecule has 3 aromatic rings. The summed E-state index contributed by atoms with van der Waals surface area (Å²) in [6.07, 6.45) is 2.24. The number of methoxy groups -OCH3 is 1. The van der Waals surface area contributed by atoms with E-state index in [0.717, 1.165) is 22.8 Å². The molecule has 2 aromatic carbocycles. The van der Waals surface area contributed by atoms with Gasteiger partial charge >= 0.3 is 0 Å². The van der Waals surface area contributed by atoms with Crippen molar-refractivity contribution in [3.63, 3.8) is 0 Å². The number of nitrogens with two attached hydrogens (primary N) is 1. The third kappa shape index (κ3) is 4.28. The van der Waals surface area contributed by atoms with Crippen LogP contribution in [0.2, 0.25) is 0 Å². The van der Waals surface area contributed by atoms with E-state index < -0.39 is 0 Å². The fourth-order valence-electron chi connectivity index (χ4n) is 3.66. The van der Waals surface area contributed by atoms with Crippen LogP contribution in [0.3, 0.4) is 0 Å². The second-order valence-corrected chi connectivity index (χ2v) is 7.39. The number of hydrogen-bond acceptors (Lipinski definition) is 4. The SMILES string of the molecule is COc1ccc(C2=NN(C(=O)C[NH2+][C@@H](C)c3ccccc3)[C@H](c3ccco3)C2)cc1. The summed E-state index contributed by atoms with van der Waals surface area (Å²) in [7, 11) is 1.64. The van der Waals surface area contributed by atoms with Gasteiger partial charge in [-0.05, 0) is 48.9 Å². The van der Waals surface area contributed by atoms with Gasteiger partial charge in [0.2, 0.25) is 0 Å². The summed E-state index contributed by atoms with van der Waals surface area (Å²) >= 11 is 0. The molecule has 1 aromatic heterocycles. The van der Waals surface area contributed by atoms with Crippen LogP contribution in [0.4, 0.5) is 0 Å². The summed E-state index contributed by atoms with van der Waals surface area (Å²) in [5.74, 6) is 1.49. The monoisotopic (exact) mass is 404 g/mol. The van der Waals surface area contributed by atoms with E-state index in [1.165, 1.54) is 5.56 Å². The number of amides is 1. The van der Waals surface area contributed by atoms with Crippen LogP contribution in [-0.2, 0) is 4.79 Å². The van der Waals surface area contributed by atoms with Gasteiger partial charge in [0.05, 0.1) is 19.1 Å². The van der Waals surface area contributed by atoms with Crippen LogP contribution in [0.25, 0.3) is 0 Å². The topological polar surface area (TPSA) is 71.7 Å². The van der Waals surface area contributed by atoms with Crippen molar-refractivity contribution in [2.45, 2.75) is 25.4 Å². The average Bonchev–Trinajstić information content (AvgIpc) is 3.48. The van der Waals surface area contributed by atoms with Crippen molar-refractivity contribution < 1.29 is 19.3 Å². The molecule has 1 amide bonds. The highest BCUT2D eigenvalue weighted by Gasteiger charge is 2.35. The molecule has 0 saturated heterocycles. The maximum Gasteiger partial charge on any atom is 0.298 e. The van der Waals surface area contributed by atoms with E-state index in [1.54, 1.807) is 18.4 Å². The lowest BCUT2D eigenvalue weighted by molar-refractivity contribution is -0.683. The molecule has 6 heteroatoms. The number of furan rings is 1. The minimum atomic E-state index is -0.231. The van der Waals surface area contributed by atoms with Crippen molar-refractivity contribution in [2.75, 3.05) is 13.7 Å². The molecule has 1 aliphatic rings. The molecule has 1 aliphatic heterocycles. The van der Waals surface area contributed by atoms with Gasteiger partial charge < -0.3 is 14.5 Å². The molecule has 2 atom stereocenters. The normalized spacial score (nSPS) is 16.9. The Labute approximate surface area is 176 Å². The van der Waals surface area contributed by atoms with E-state index in [9.17, 15) is 4.79 Å². The molecule has 6 nitrogen and oxygen atoms in total. The number of nitrogens with zero attached hydrogens (tertiary/aromatic N) is 2. The lowest BCUT2D eigenvalue weighted by atomic mass is 10.0. The van der Waals surface area contributed by atoms with Crippen LogP contribution >= 0.6 is 0 Å². The van der Waals surface area contributed by atoms with E-state index in [0.29, 0.717) is 13.0 Å². The third-order valence-electron chi connectivity index (χ3n) is 5.43. The quantitative estimate of drug-likeness (QED) is 0.657. The zero-order valence-corrected chi connectivity index (χ0v) is 17.2. The highest BCUT2D eigenvalue weighted by Crippen LogP contribution is 2.33. The molecule has 0 spiro atoms. The Bertz CT molecular complexity index is 998. The number of ether oxygens (including phenoxy) is 1. The van der Waals surface area contributed by atoms with E-state index in [-0.39, 0.29) is 18.0 Å². The Morgan fingerprint density at radius 3 is 2.60 bits per heavy atom. The zero-order chi connectivity index (χ0) is 20.9. The largest absolute Gasteiger partial charge is 0.497 e. The van der Waals surface area contributed by atoms with Crippen LogP contribution in [0.15, 0.2) is 82.5 Å². The first-order chi connectivity index (χ1) is 14.7. The smallest absolute Gasteiger partial charge is 0.298 e. The molecule has 30 heavy (non-hydrogen) atoms. The maximum absolute atomic E-state index is 13.1. The molecule has 4 rings (SSSR count).